The molecular formula is C15H16F2N4O. The summed E-state index contributed by atoms with van der Waals surface area (Å²) in [4.78, 5) is 10.7. The van der Waals surface area contributed by atoms with E-state index in [1.54, 1.807) is 6.07 Å². The molecule has 0 bridgehead atoms. The van der Waals surface area contributed by atoms with Crippen molar-refractivity contribution in [3.63, 3.8) is 0 Å². The summed E-state index contributed by atoms with van der Waals surface area (Å²) in [6.45, 7) is 4.42. The summed E-state index contributed by atoms with van der Waals surface area (Å²) in [7, 11) is 0. The third-order valence-electron chi connectivity index (χ3n) is 3.35. The first-order valence-corrected chi connectivity index (χ1v) is 7.03. The van der Waals surface area contributed by atoms with Crippen molar-refractivity contribution in [2.24, 2.45) is 0 Å². The average molecular weight is 306 g/mol. The smallest absolute Gasteiger partial charge is 0.227 e. The molecule has 7 heteroatoms. The van der Waals surface area contributed by atoms with Crippen LogP contribution in [0.2, 0.25) is 0 Å². The summed E-state index contributed by atoms with van der Waals surface area (Å²) in [5.41, 5.74) is 0.504. The Bertz CT molecular complexity index is 654. The zero-order valence-electron chi connectivity index (χ0n) is 12.1. The topological polar surface area (TPSA) is 50.3 Å². The molecule has 3 rings (SSSR count). The van der Waals surface area contributed by atoms with Crippen molar-refractivity contribution in [3.05, 3.63) is 41.6 Å². The summed E-state index contributed by atoms with van der Waals surface area (Å²) in [5.74, 6) is -0.436. The van der Waals surface area contributed by atoms with E-state index in [1.807, 2.05) is 11.8 Å². The van der Waals surface area contributed by atoms with Crippen molar-refractivity contribution in [1.82, 2.24) is 9.97 Å². The quantitative estimate of drug-likeness (QED) is 0.945. The molecule has 1 aliphatic heterocycles. The number of hydrogen-bond acceptors (Lipinski definition) is 5. The van der Waals surface area contributed by atoms with Gasteiger partial charge in [-0.05, 0) is 19.1 Å². The fourth-order valence-electron chi connectivity index (χ4n) is 2.27. The molecule has 0 amide bonds. The minimum absolute atomic E-state index is 0.214. The first-order valence-electron chi connectivity index (χ1n) is 7.03. The number of para-hydroxylation sites is 1. The largest absolute Gasteiger partial charge is 0.378 e. The Morgan fingerprint density at radius 1 is 1.14 bits per heavy atom. The van der Waals surface area contributed by atoms with Crippen molar-refractivity contribution in [2.45, 2.75) is 6.92 Å². The third-order valence-corrected chi connectivity index (χ3v) is 3.35. The lowest BCUT2D eigenvalue weighted by atomic mass is 10.3. The Hall–Kier alpha value is -2.28. The van der Waals surface area contributed by atoms with E-state index < -0.39 is 11.6 Å². The second kappa shape index (κ2) is 6.23. The zero-order chi connectivity index (χ0) is 15.5. The molecule has 0 atom stereocenters. The van der Waals surface area contributed by atoms with Gasteiger partial charge in [-0.3, -0.25) is 0 Å². The summed E-state index contributed by atoms with van der Waals surface area (Å²) in [5, 5.41) is 2.70. The van der Waals surface area contributed by atoms with E-state index in [0.29, 0.717) is 38.1 Å². The predicted molar refractivity (Wildman–Crippen MR) is 79.4 cm³/mol. The summed E-state index contributed by atoms with van der Waals surface area (Å²) >= 11 is 0. The Morgan fingerprint density at radius 2 is 1.82 bits per heavy atom. The molecule has 0 radical (unpaired) electrons. The second-order valence-electron chi connectivity index (χ2n) is 5.02. The van der Waals surface area contributed by atoms with Gasteiger partial charge in [0.2, 0.25) is 5.95 Å². The van der Waals surface area contributed by atoms with Gasteiger partial charge in [0, 0.05) is 24.8 Å². The van der Waals surface area contributed by atoms with Crippen LogP contribution in [0.3, 0.4) is 0 Å². The van der Waals surface area contributed by atoms with Crippen LogP contribution < -0.4 is 10.2 Å². The van der Waals surface area contributed by atoms with E-state index in [-0.39, 0.29) is 5.69 Å². The van der Waals surface area contributed by atoms with Gasteiger partial charge >= 0.3 is 0 Å². The van der Waals surface area contributed by atoms with Crippen molar-refractivity contribution in [3.8, 4) is 0 Å². The molecule has 1 aromatic carbocycles. The molecule has 1 N–H and O–H groups in total. The maximum Gasteiger partial charge on any atom is 0.227 e. The van der Waals surface area contributed by atoms with Crippen molar-refractivity contribution in [1.29, 1.82) is 0 Å². The number of benzene rings is 1. The molecule has 2 aromatic rings. The molecule has 1 aromatic heterocycles. The molecule has 22 heavy (non-hydrogen) atoms. The number of anilines is 3. The molecule has 0 spiro atoms. The first-order chi connectivity index (χ1) is 10.6. The van der Waals surface area contributed by atoms with Gasteiger partial charge < -0.3 is 15.0 Å². The number of halogens is 2. The van der Waals surface area contributed by atoms with Crippen molar-refractivity contribution >= 4 is 17.5 Å². The van der Waals surface area contributed by atoms with Gasteiger partial charge in [-0.15, -0.1) is 0 Å². The summed E-state index contributed by atoms with van der Waals surface area (Å²) in [6.07, 6.45) is 0. The highest BCUT2D eigenvalue weighted by Gasteiger charge is 2.16. The molecule has 0 unspecified atom stereocenters. The van der Waals surface area contributed by atoms with E-state index in [0.717, 1.165) is 5.69 Å². The second-order valence-corrected chi connectivity index (χ2v) is 5.02. The monoisotopic (exact) mass is 306 g/mol. The van der Waals surface area contributed by atoms with Crippen molar-refractivity contribution < 1.29 is 13.5 Å². The molecule has 2 heterocycles. The van der Waals surface area contributed by atoms with Crippen molar-refractivity contribution in [2.75, 3.05) is 36.5 Å². The van der Waals surface area contributed by atoms with E-state index in [9.17, 15) is 8.78 Å². The Morgan fingerprint density at radius 3 is 2.50 bits per heavy atom. The lowest BCUT2D eigenvalue weighted by molar-refractivity contribution is 0.122. The molecule has 116 valence electrons. The molecule has 1 saturated heterocycles. The number of aryl methyl sites for hydroxylation is 1. The number of morpholine rings is 1. The Balaban J connectivity index is 1.89. The summed E-state index contributed by atoms with van der Waals surface area (Å²) in [6, 6.07) is 5.36. The minimum atomic E-state index is -0.663. The SMILES string of the molecule is Cc1cc(Nc2c(F)cccc2F)nc(N2CCOCC2)n1. The van der Waals surface area contributed by atoms with E-state index >= 15 is 0 Å². The number of hydrogen-bond donors (Lipinski definition) is 1. The highest BCUT2D eigenvalue weighted by Crippen LogP contribution is 2.23. The lowest BCUT2D eigenvalue weighted by Gasteiger charge is -2.27. The number of aromatic nitrogens is 2. The van der Waals surface area contributed by atoms with Gasteiger partial charge in [-0.2, -0.15) is 4.98 Å². The van der Waals surface area contributed by atoms with Gasteiger partial charge in [0.25, 0.3) is 0 Å². The zero-order valence-corrected chi connectivity index (χ0v) is 12.1. The van der Waals surface area contributed by atoms with Gasteiger partial charge in [0.1, 0.15) is 23.1 Å². The number of rotatable bonds is 3. The minimum Gasteiger partial charge on any atom is -0.378 e. The fourth-order valence-corrected chi connectivity index (χ4v) is 2.27. The van der Waals surface area contributed by atoms with Crippen LogP contribution in [0, 0.1) is 18.6 Å². The Kier molecular flexibility index (Phi) is 4.15. The standard InChI is InChI=1S/C15H16F2N4O/c1-10-9-13(19-14-11(16)3-2-4-12(14)17)20-15(18-10)21-5-7-22-8-6-21/h2-4,9H,5-8H2,1H3,(H,18,19,20). The van der Waals surface area contributed by atoms with Crippen LogP contribution in [0.25, 0.3) is 0 Å². The predicted octanol–water partition coefficient (Wildman–Crippen LogP) is 2.64. The van der Waals surface area contributed by atoms with E-state index in [2.05, 4.69) is 15.3 Å². The van der Waals surface area contributed by atoms with Gasteiger partial charge in [-0.25, -0.2) is 13.8 Å². The van der Waals surface area contributed by atoms with E-state index in [4.69, 9.17) is 4.74 Å². The normalized spacial score (nSPS) is 15.0. The van der Waals surface area contributed by atoms with Crippen LogP contribution in [0.15, 0.2) is 24.3 Å². The maximum absolute atomic E-state index is 13.7. The van der Waals surface area contributed by atoms with Gasteiger partial charge in [0.15, 0.2) is 0 Å². The number of nitrogens with one attached hydrogen (secondary N) is 1. The van der Waals surface area contributed by atoms with Crippen LogP contribution in [-0.4, -0.2) is 36.3 Å². The first kappa shape index (κ1) is 14.6. The molecule has 1 aliphatic rings. The van der Waals surface area contributed by atoms with Crippen LogP contribution in [0.1, 0.15) is 5.69 Å². The lowest BCUT2D eigenvalue weighted by Crippen LogP contribution is -2.37. The highest BCUT2D eigenvalue weighted by atomic mass is 19.1. The van der Waals surface area contributed by atoms with Crippen LogP contribution in [0.5, 0.6) is 0 Å². The van der Waals surface area contributed by atoms with Gasteiger partial charge in [0.05, 0.1) is 13.2 Å². The fraction of sp³-hybridized carbons (Fsp3) is 0.333. The molecule has 5 nitrogen and oxygen atoms in total. The molecule has 0 aliphatic carbocycles. The van der Waals surface area contributed by atoms with Gasteiger partial charge in [-0.1, -0.05) is 6.07 Å². The van der Waals surface area contributed by atoms with Crippen LogP contribution in [0.4, 0.5) is 26.2 Å². The number of ether oxygens (including phenoxy) is 1. The molecular weight excluding hydrogens is 290 g/mol. The van der Waals surface area contributed by atoms with Crippen LogP contribution in [-0.2, 0) is 4.74 Å². The number of nitrogens with zero attached hydrogens (tertiary/aromatic N) is 3. The van der Waals surface area contributed by atoms with Crippen LogP contribution >= 0.6 is 0 Å². The highest BCUT2D eigenvalue weighted by molar-refractivity contribution is 5.59. The summed E-state index contributed by atoms with van der Waals surface area (Å²) < 4.78 is 32.7. The maximum atomic E-state index is 13.7. The third kappa shape index (κ3) is 3.14. The Labute approximate surface area is 127 Å². The van der Waals surface area contributed by atoms with E-state index in [1.165, 1.54) is 18.2 Å². The average Bonchev–Trinajstić information content (AvgIpc) is 2.51. The molecule has 1 fully saturated rings. The molecule has 0 saturated carbocycles.